The fourth-order valence-corrected chi connectivity index (χ4v) is 5.88. The van der Waals surface area contributed by atoms with Gasteiger partial charge in [-0.3, -0.25) is 9.59 Å². The zero-order chi connectivity index (χ0) is 21.5. The molecule has 0 radical (unpaired) electrons. The van der Waals surface area contributed by atoms with Gasteiger partial charge in [-0.1, -0.05) is 13.8 Å². The number of ether oxygens (including phenoxy) is 1. The van der Waals surface area contributed by atoms with Crippen LogP contribution in [0.3, 0.4) is 0 Å². The summed E-state index contributed by atoms with van der Waals surface area (Å²) in [6.45, 7) is 4.10. The van der Waals surface area contributed by atoms with Gasteiger partial charge < -0.3 is 4.74 Å². The molecule has 3 rings (SSSR count). The lowest BCUT2D eigenvalue weighted by Crippen LogP contribution is -2.30. The average Bonchev–Trinajstić information content (AvgIpc) is 2.96. The summed E-state index contributed by atoms with van der Waals surface area (Å²) < 4.78 is 7.51. The van der Waals surface area contributed by atoms with E-state index in [2.05, 4.69) is 63.7 Å². The van der Waals surface area contributed by atoms with Crippen molar-refractivity contribution in [2.75, 3.05) is 4.90 Å². The summed E-state index contributed by atoms with van der Waals surface area (Å²) in [6, 6.07) is 7.57. The van der Waals surface area contributed by atoms with E-state index in [1.807, 2.05) is 38.1 Å². The molecule has 2 aromatic rings. The molecule has 0 saturated heterocycles. The third kappa shape index (κ3) is 4.08. The van der Waals surface area contributed by atoms with E-state index in [9.17, 15) is 9.59 Å². The lowest BCUT2D eigenvalue weighted by Gasteiger charge is -2.29. The first-order valence-electron chi connectivity index (χ1n) is 8.19. The van der Waals surface area contributed by atoms with Gasteiger partial charge in [-0.05, 0) is 99.1 Å². The number of nitrogens with zero attached hydrogens (tertiary/aromatic N) is 2. The van der Waals surface area contributed by atoms with E-state index in [4.69, 9.17) is 10.00 Å². The van der Waals surface area contributed by atoms with Gasteiger partial charge in [0.2, 0.25) is 0 Å². The first-order valence-corrected chi connectivity index (χ1v) is 11.4. The third-order valence-corrected chi connectivity index (χ3v) is 7.03. The van der Waals surface area contributed by atoms with Crippen LogP contribution in [-0.2, 0) is 15.0 Å². The highest BCUT2D eigenvalue weighted by Gasteiger charge is 2.32. The molecule has 1 aliphatic heterocycles. The Bertz CT molecular complexity index is 1060. The Labute approximate surface area is 201 Å². The summed E-state index contributed by atoms with van der Waals surface area (Å²) in [5.74, 6) is -0.364. The van der Waals surface area contributed by atoms with Crippen molar-refractivity contribution >= 4 is 81.2 Å². The van der Waals surface area contributed by atoms with Gasteiger partial charge in [-0.2, -0.15) is 0 Å². The van der Waals surface area contributed by atoms with Crippen LogP contribution in [0.1, 0.15) is 25.0 Å². The van der Waals surface area contributed by atoms with Gasteiger partial charge in [0, 0.05) is 26.5 Å². The molecule has 0 spiro atoms. The normalized spacial score (nSPS) is 13.8. The van der Waals surface area contributed by atoms with E-state index in [-0.39, 0.29) is 11.8 Å². The number of carbonyl (C=O) groups is 2. The zero-order valence-electron chi connectivity index (χ0n) is 15.1. The Kier molecular flexibility index (Phi) is 6.39. The van der Waals surface area contributed by atoms with E-state index < -0.39 is 5.41 Å². The summed E-state index contributed by atoms with van der Waals surface area (Å²) in [7, 11) is 0. The number of benzene rings is 2. The van der Waals surface area contributed by atoms with Crippen molar-refractivity contribution in [3.05, 3.63) is 65.4 Å². The number of carbonyl (C=O) groups excluding carboxylic acids is 2. The molecule has 9 heteroatoms. The Hall–Kier alpha value is -1.47. The minimum atomic E-state index is -0.447. The quantitative estimate of drug-likeness (QED) is 0.287. The predicted molar refractivity (Wildman–Crippen MR) is 124 cm³/mol. The molecule has 2 amide bonds. The van der Waals surface area contributed by atoms with Crippen LogP contribution < -0.4 is 9.64 Å². The average molecular weight is 648 g/mol. The first kappa shape index (κ1) is 22.2. The maximum Gasteiger partial charge on any atom is 0.292 e. The van der Waals surface area contributed by atoms with E-state index in [1.54, 1.807) is 6.26 Å². The molecule has 1 aliphatic rings. The van der Waals surface area contributed by atoms with Crippen molar-refractivity contribution < 1.29 is 14.3 Å². The molecule has 1 heterocycles. The molecular formula is C20H12Br4N2O3. The van der Waals surface area contributed by atoms with Crippen molar-refractivity contribution in [1.29, 1.82) is 5.26 Å². The molecule has 0 N–H and O–H groups in total. The fraction of sp³-hybridized carbons (Fsp3) is 0.150. The van der Waals surface area contributed by atoms with Gasteiger partial charge in [-0.15, -0.1) is 5.26 Å². The molecule has 29 heavy (non-hydrogen) atoms. The standard InChI is InChI=1S/C20H12Br4N2O3/c1-20(2,11-7-14(23)19(29-9-25)15(24)8-11)10-5-12(21)18(13(22)6-10)26-16(27)3-4-17(26)28/h3-8H,1-2H3. The van der Waals surface area contributed by atoms with Gasteiger partial charge in [-0.25, -0.2) is 4.90 Å². The number of rotatable bonds is 4. The molecule has 0 aromatic heterocycles. The van der Waals surface area contributed by atoms with E-state index in [1.165, 1.54) is 12.2 Å². The van der Waals surface area contributed by atoms with Crippen molar-refractivity contribution in [1.82, 2.24) is 0 Å². The van der Waals surface area contributed by atoms with Crippen LogP contribution >= 0.6 is 63.7 Å². The Morgan fingerprint density at radius 1 is 0.862 bits per heavy atom. The maximum atomic E-state index is 12.1. The van der Waals surface area contributed by atoms with Crippen LogP contribution in [0.5, 0.6) is 5.75 Å². The molecule has 0 bridgehead atoms. The third-order valence-electron chi connectivity index (χ3n) is 4.64. The molecule has 5 nitrogen and oxygen atoms in total. The van der Waals surface area contributed by atoms with Gasteiger partial charge in [0.1, 0.15) is 0 Å². The summed E-state index contributed by atoms with van der Waals surface area (Å²) in [5, 5.41) is 8.81. The van der Waals surface area contributed by atoms with Crippen molar-refractivity contribution in [3.63, 3.8) is 0 Å². The Morgan fingerprint density at radius 3 is 1.69 bits per heavy atom. The number of nitriles is 1. The maximum absolute atomic E-state index is 12.1. The number of halogens is 4. The Morgan fingerprint density at radius 2 is 1.28 bits per heavy atom. The van der Waals surface area contributed by atoms with Crippen LogP contribution in [0.15, 0.2) is 54.3 Å². The molecule has 148 valence electrons. The van der Waals surface area contributed by atoms with Gasteiger partial charge in [0.05, 0.1) is 14.6 Å². The second-order valence-corrected chi connectivity index (χ2v) is 10.1. The van der Waals surface area contributed by atoms with Gasteiger partial charge in [0.15, 0.2) is 5.75 Å². The van der Waals surface area contributed by atoms with Gasteiger partial charge >= 0.3 is 0 Å². The molecule has 0 unspecified atom stereocenters. The van der Waals surface area contributed by atoms with Crippen molar-refractivity contribution in [3.8, 4) is 12.0 Å². The van der Waals surface area contributed by atoms with Crippen LogP contribution in [0, 0.1) is 11.5 Å². The van der Waals surface area contributed by atoms with Crippen LogP contribution in [0.4, 0.5) is 5.69 Å². The molecule has 0 saturated carbocycles. The van der Waals surface area contributed by atoms with E-state index in [0.29, 0.717) is 29.3 Å². The number of anilines is 1. The number of hydrogen-bond donors (Lipinski definition) is 0. The SMILES string of the molecule is CC(C)(c1cc(Br)c(OC#N)c(Br)c1)c1cc(Br)c(N2C(=O)C=CC2=O)c(Br)c1. The van der Waals surface area contributed by atoms with Crippen molar-refractivity contribution in [2.24, 2.45) is 0 Å². The highest BCUT2D eigenvalue weighted by molar-refractivity contribution is 9.11. The van der Waals surface area contributed by atoms with Crippen molar-refractivity contribution in [2.45, 2.75) is 19.3 Å². The Balaban J connectivity index is 2.08. The number of imide groups is 1. The highest BCUT2D eigenvalue weighted by atomic mass is 79.9. The van der Waals surface area contributed by atoms with Crippen LogP contribution in [0.25, 0.3) is 0 Å². The second-order valence-electron chi connectivity index (χ2n) is 6.72. The number of hydrogen-bond acceptors (Lipinski definition) is 4. The monoisotopic (exact) mass is 644 g/mol. The summed E-state index contributed by atoms with van der Waals surface area (Å²) in [5.41, 5.74) is 1.92. The zero-order valence-corrected chi connectivity index (χ0v) is 21.4. The first-order chi connectivity index (χ1) is 13.6. The van der Waals surface area contributed by atoms with E-state index >= 15 is 0 Å². The molecule has 0 fully saturated rings. The minimum absolute atomic E-state index is 0.385. The predicted octanol–water partition coefficient (Wildman–Crippen LogP) is 6.35. The highest BCUT2D eigenvalue weighted by Crippen LogP contribution is 2.44. The second kappa shape index (κ2) is 8.34. The lowest BCUT2D eigenvalue weighted by molar-refractivity contribution is -0.120. The molecule has 0 atom stereocenters. The molecule has 0 aliphatic carbocycles. The van der Waals surface area contributed by atoms with Crippen LogP contribution in [-0.4, -0.2) is 11.8 Å². The summed E-state index contributed by atoms with van der Waals surface area (Å²) >= 11 is 13.9. The molecule has 2 aromatic carbocycles. The largest absolute Gasteiger partial charge is 0.386 e. The minimum Gasteiger partial charge on any atom is -0.386 e. The topological polar surface area (TPSA) is 70.4 Å². The van der Waals surface area contributed by atoms with E-state index in [0.717, 1.165) is 16.0 Å². The summed E-state index contributed by atoms with van der Waals surface area (Å²) in [4.78, 5) is 25.3. The smallest absolute Gasteiger partial charge is 0.292 e. The summed E-state index contributed by atoms with van der Waals surface area (Å²) in [6.07, 6.45) is 4.17. The van der Waals surface area contributed by atoms with Crippen LogP contribution in [0.2, 0.25) is 0 Å². The fourth-order valence-electron chi connectivity index (χ4n) is 2.99. The molecular weight excluding hydrogens is 636 g/mol. The van der Waals surface area contributed by atoms with Gasteiger partial charge in [0.25, 0.3) is 18.1 Å². The number of amides is 2. The lowest BCUT2D eigenvalue weighted by atomic mass is 9.78.